The highest BCUT2D eigenvalue weighted by Crippen LogP contribution is 2.31. The molecule has 0 aromatic carbocycles. The van der Waals surface area contributed by atoms with Gasteiger partial charge in [0.2, 0.25) is 0 Å². The van der Waals surface area contributed by atoms with Crippen LogP contribution in [0.1, 0.15) is 62.5 Å². The third-order valence-corrected chi connectivity index (χ3v) is 4.16. The van der Waals surface area contributed by atoms with Crippen LogP contribution >= 0.6 is 11.3 Å². The topological polar surface area (TPSA) is 24.9 Å². The lowest BCUT2D eigenvalue weighted by Gasteiger charge is -2.17. The maximum absolute atomic E-state index is 4.85. The molecule has 0 amide bonds. The number of rotatable bonds is 5. The fourth-order valence-electron chi connectivity index (χ4n) is 1.95. The maximum atomic E-state index is 4.85. The number of thiazole rings is 1. The second kappa shape index (κ2) is 5.07. The predicted molar refractivity (Wildman–Crippen MR) is 74.7 cm³/mol. The lowest BCUT2D eigenvalue weighted by Crippen LogP contribution is -2.19. The molecule has 0 radical (unpaired) electrons. The Bertz CT molecular complexity index is 372. The Hall–Kier alpha value is -0.410. The molecule has 2 rings (SSSR count). The van der Waals surface area contributed by atoms with Gasteiger partial charge in [0.05, 0.1) is 10.7 Å². The zero-order chi connectivity index (χ0) is 12.5. The van der Waals surface area contributed by atoms with E-state index in [1.165, 1.54) is 34.8 Å². The number of hydrogen-bond donors (Lipinski definition) is 1. The number of aryl methyl sites for hydroxylation is 1. The second-order valence-electron chi connectivity index (χ2n) is 6.03. The quantitative estimate of drug-likeness (QED) is 0.865. The van der Waals surface area contributed by atoms with E-state index in [-0.39, 0.29) is 5.41 Å². The summed E-state index contributed by atoms with van der Waals surface area (Å²) in [6.07, 6.45) is 5.01. The summed E-state index contributed by atoms with van der Waals surface area (Å²) < 4.78 is 0. The molecule has 0 atom stereocenters. The zero-order valence-corrected chi connectivity index (χ0v) is 12.3. The summed E-state index contributed by atoms with van der Waals surface area (Å²) in [5.74, 6) is 0. The molecule has 1 N–H and O–H groups in total. The third-order valence-electron chi connectivity index (χ3n) is 3.04. The van der Waals surface area contributed by atoms with Gasteiger partial charge in [-0.3, -0.25) is 0 Å². The first kappa shape index (κ1) is 13.0. The van der Waals surface area contributed by atoms with Crippen LogP contribution in [-0.2, 0) is 18.4 Å². The van der Waals surface area contributed by atoms with Crippen molar-refractivity contribution in [1.82, 2.24) is 10.3 Å². The summed E-state index contributed by atoms with van der Waals surface area (Å²) in [6.45, 7) is 10.0. The van der Waals surface area contributed by atoms with E-state index in [0.29, 0.717) is 0 Å². The van der Waals surface area contributed by atoms with Gasteiger partial charge in [-0.2, -0.15) is 0 Å². The van der Waals surface area contributed by atoms with Crippen LogP contribution in [0.25, 0.3) is 0 Å². The first-order chi connectivity index (χ1) is 8.00. The van der Waals surface area contributed by atoms with Crippen molar-refractivity contribution in [2.75, 3.05) is 0 Å². The first-order valence-electron chi connectivity index (χ1n) is 6.73. The van der Waals surface area contributed by atoms with Gasteiger partial charge in [0.25, 0.3) is 0 Å². The Balaban J connectivity index is 2.13. The van der Waals surface area contributed by atoms with Gasteiger partial charge in [0, 0.05) is 22.9 Å². The number of nitrogens with one attached hydrogen (secondary N) is 1. The van der Waals surface area contributed by atoms with Crippen LogP contribution in [-0.4, -0.2) is 11.0 Å². The summed E-state index contributed by atoms with van der Waals surface area (Å²) in [6, 6.07) is 0.777. The fourth-order valence-corrected chi connectivity index (χ4v) is 3.28. The van der Waals surface area contributed by atoms with E-state index < -0.39 is 0 Å². The average molecular weight is 252 g/mol. The van der Waals surface area contributed by atoms with Crippen LogP contribution in [0.4, 0.5) is 0 Å². The van der Waals surface area contributed by atoms with E-state index >= 15 is 0 Å². The van der Waals surface area contributed by atoms with Crippen molar-refractivity contribution in [1.29, 1.82) is 0 Å². The lowest BCUT2D eigenvalue weighted by molar-refractivity contribution is 0.557. The predicted octanol–water partition coefficient (Wildman–Crippen LogP) is 3.65. The third kappa shape index (κ3) is 3.52. The summed E-state index contributed by atoms with van der Waals surface area (Å²) >= 11 is 1.91. The standard InChI is InChI=1S/C14H24N2S/c1-5-6-12-16-13(14(2,3)4)11(17-12)9-15-10-7-8-10/h10,15H,5-9H2,1-4H3. The first-order valence-corrected chi connectivity index (χ1v) is 7.54. The number of aromatic nitrogens is 1. The SMILES string of the molecule is CCCc1nc(C(C)(C)C)c(CNC2CC2)s1. The van der Waals surface area contributed by atoms with Crippen molar-refractivity contribution in [3.8, 4) is 0 Å². The van der Waals surface area contributed by atoms with Crippen molar-refractivity contribution in [2.45, 2.75) is 71.4 Å². The van der Waals surface area contributed by atoms with Crippen molar-refractivity contribution in [2.24, 2.45) is 0 Å². The molecule has 0 unspecified atom stereocenters. The van der Waals surface area contributed by atoms with Gasteiger partial charge in [-0.25, -0.2) is 4.98 Å². The normalized spacial score (nSPS) is 16.5. The molecule has 1 aliphatic rings. The molecule has 17 heavy (non-hydrogen) atoms. The van der Waals surface area contributed by atoms with Gasteiger partial charge in [0.15, 0.2) is 0 Å². The molecule has 1 fully saturated rings. The molecule has 0 saturated heterocycles. The molecule has 0 aliphatic heterocycles. The summed E-state index contributed by atoms with van der Waals surface area (Å²) in [7, 11) is 0. The smallest absolute Gasteiger partial charge is 0.0931 e. The molecule has 2 nitrogen and oxygen atoms in total. The molecule has 1 saturated carbocycles. The van der Waals surface area contributed by atoms with Crippen LogP contribution in [0.15, 0.2) is 0 Å². The Labute approximate surface area is 109 Å². The largest absolute Gasteiger partial charge is 0.309 e. The van der Waals surface area contributed by atoms with E-state index in [4.69, 9.17) is 4.98 Å². The summed E-state index contributed by atoms with van der Waals surface area (Å²) in [5, 5.41) is 4.92. The van der Waals surface area contributed by atoms with E-state index in [2.05, 4.69) is 33.0 Å². The Morgan fingerprint density at radius 1 is 1.35 bits per heavy atom. The van der Waals surface area contributed by atoms with Gasteiger partial charge < -0.3 is 5.32 Å². The molecular weight excluding hydrogens is 228 g/mol. The minimum Gasteiger partial charge on any atom is -0.309 e. The monoisotopic (exact) mass is 252 g/mol. The van der Waals surface area contributed by atoms with E-state index in [9.17, 15) is 0 Å². The van der Waals surface area contributed by atoms with Crippen molar-refractivity contribution >= 4 is 11.3 Å². The van der Waals surface area contributed by atoms with Crippen LogP contribution < -0.4 is 5.32 Å². The molecular formula is C14H24N2S. The van der Waals surface area contributed by atoms with Crippen LogP contribution in [0.3, 0.4) is 0 Å². The second-order valence-corrected chi connectivity index (χ2v) is 7.20. The van der Waals surface area contributed by atoms with E-state index in [1.807, 2.05) is 11.3 Å². The van der Waals surface area contributed by atoms with Crippen molar-refractivity contribution < 1.29 is 0 Å². The molecule has 1 aliphatic carbocycles. The molecule has 0 spiro atoms. The highest BCUT2D eigenvalue weighted by atomic mass is 32.1. The fraction of sp³-hybridized carbons (Fsp3) is 0.786. The summed E-state index contributed by atoms with van der Waals surface area (Å²) in [4.78, 5) is 6.30. The minimum atomic E-state index is 0.170. The lowest BCUT2D eigenvalue weighted by atomic mass is 9.91. The zero-order valence-electron chi connectivity index (χ0n) is 11.5. The van der Waals surface area contributed by atoms with Gasteiger partial charge in [0.1, 0.15) is 0 Å². The van der Waals surface area contributed by atoms with Gasteiger partial charge in [-0.1, -0.05) is 27.7 Å². The van der Waals surface area contributed by atoms with Crippen molar-refractivity contribution in [3.05, 3.63) is 15.6 Å². The molecule has 1 heterocycles. The molecule has 3 heteroatoms. The maximum Gasteiger partial charge on any atom is 0.0931 e. The Morgan fingerprint density at radius 3 is 2.59 bits per heavy atom. The molecule has 1 aromatic heterocycles. The van der Waals surface area contributed by atoms with E-state index in [1.54, 1.807) is 0 Å². The van der Waals surface area contributed by atoms with Crippen LogP contribution in [0.5, 0.6) is 0 Å². The Kier molecular flexibility index (Phi) is 3.88. The van der Waals surface area contributed by atoms with E-state index in [0.717, 1.165) is 19.0 Å². The Morgan fingerprint density at radius 2 is 2.06 bits per heavy atom. The highest BCUT2D eigenvalue weighted by molar-refractivity contribution is 7.11. The van der Waals surface area contributed by atoms with Gasteiger partial charge >= 0.3 is 0 Å². The highest BCUT2D eigenvalue weighted by Gasteiger charge is 2.25. The molecule has 1 aromatic rings. The average Bonchev–Trinajstić information content (AvgIpc) is 2.96. The number of nitrogens with zero attached hydrogens (tertiary/aromatic N) is 1. The number of hydrogen-bond acceptors (Lipinski definition) is 3. The van der Waals surface area contributed by atoms with Crippen LogP contribution in [0.2, 0.25) is 0 Å². The van der Waals surface area contributed by atoms with Gasteiger partial charge in [-0.05, 0) is 25.7 Å². The summed E-state index contributed by atoms with van der Waals surface area (Å²) in [5.41, 5.74) is 1.47. The van der Waals surface area contributed by atoms with Gasteiger partial charge in [-0.15, -0.1) is 11.3 Å². The minimum absolute atomic E-state index is 0.170. The van der Waals surface area contributed by atoms with Crippen molar-refractivity contribution in [3.63, 3.8) is 0 Å². The van der Waals surface area contributed by atoms with Crippen LogP contribution in [0, 0.1) is 0 Å². The molecule has 96 valence electrons. The molecule has 0 bridgehead atoms.